The van der Waals surface area contributed by atoms with Gasteiger partial charge in [-0.3, -0.25) is 4.79 Å². The minimum atomic E-state index is -0.225. The third kappa shape index (κ3) is 3.74. The Kier molecular flexibility index (Phi) is 5.21. The molecule has 1 aromatic carbocycles. The minimum Gasteiger partial charge on any atom is -0.323 e. The van der Waals surface area contributed by atoms with E-state index in [1.54, 1.807) is 6.07 Å². The predicted molar refractivity (Wildman–Crippen MR) is 87.1 cm³/mol. The summed E-state index contributed by atoms with van der Waals surface area (Å²) in [4.78, 5) is 16.5. The zero-order valence-electron chi connectivity index (χ0n) is 11.9. The first kappa shape index (κ1) is 15.8. The standard InChI is InChI=1S/C16H16Cl2N2O/c1-3-12(11-7-5-4-6-8-11)16(21)20-14-10(2)9-13(17)19-15(14)18/h4-9,12H,3H2,1-2H3,(H,20,21). The van der Waals surface area contributed by atoms with Crippen LogP contribution in [0.4, 0.5) is 5.69 Å². The van der Waals surface area contributed by atoms with Gasteiger partial charge in [-0.15, -0.1) is 0 Å². The molecule has 0 radical (unpaired) electrons. The average Bonchev–Trinajstić information content (AvgIpc) is 2.45. The van der Waals surface area contributed by atoms with E-state index in [1.807, 2.05) is 44.2 Å². The highest BCUT2D eigenvalue weighted by molar-refractivity contribution is 6.34. The summed E-state index contributed by atoms with van der Waals surface area (Å²) >= 11 is 11.9. The summed E-state index contributed by atoms with van der Waals surface area (Å²) in [5, 5.41) is 3.38. The fraction of sp³-hybridized carbons (Fsp3) is 0.250. The maximum atomic E-state index is 12.5. The Morgan fingerprint density at radius 2 is 1.95 bits per heavy atom. The van der Waals surface area contributed by atoms with Gasteiger partial charge >= 0.3 is 0 Å². The lowest BCUT2D eigenvalue weighted by Gasteiger charge is -2.17. The Labute approximate surface area is 134 Å². The molecule has 0 saturated heterocycles. The van der Waals surface area contributed by atoms with E-state index in [4.69, 9.17) is 23.2 Å². The molecule has 2 rings (SSSR count). The average molecular weight is 323 g/mol. The number of aryl methyl sites for hydroxylation is 1. The van der Waals surface area contributed by atoms with E-state index in [2.05, 4.69) is 10.3 Å². The molecule has 5 heteroatoms. The zero-order valence-corrected chi connectivity index (χ0v) is 13.4. The number of carbonyl (C=O) groups is 1. The number of rotatable bonds is 4. The van der Waals surface area contributed by atoms with E-state index in [1.165, 1.54) is 0 Å². The topological polar surface area (TPSA) is 42.0 Å². The molecule has 3 nitrogen and oxygen atoms in total. The van der Waals surface area contributed by atoms with Gasteiger partial charge in [0.2, 0.25) is 5.91 Å². The second-order valence-corrected chi connectivity index (χ2v) is 5.53. The van der Waals surface area contributed by atoms with Gasteiger partial charge in [-0.1, -0.05) is 60.5 Å². The second kappa shape index (κ2) is 6.92. The van der Waals surface area contributed by atoms with E-state index in [-0.39, 0.29) is 17.0 Å². The molecule has 0 aliphatic heterocycles. The van der Waals surface area contributed by atoms with Crippen molar-refractivity contribution in [2.75, 3.05) is 5.32 Å². The van der Waals surface area contributed by atoms with Crippen LogP contribution in [0.2, 0.25) is 10.3 Å². The molecule has 0 bridgehead atoms. The number of amides is 1. The second-order valence-electron chi connectivity index (χ2n) is 4.79. The largest absolute Gasteiger partial charge is 0.323 e. The monoisotopic (exact) mass is 322 g/mol. The molecular weight excluding hydrogens is 307 g/mol. The smallest absolute Gasteiger partial charge is 0.231 e. The summed E-state index contributed by atoms with van der Waals surface area (Å²) in [5.41, 5.74) is 2.28. The molecule has 1 aromatic heterocycles. The summed E-state index contributed by atoms with van der Waals surface area (Å²) in [5.74, 6) is -0.324. The molecule has 110 valence electrons. The van der Waals surface area contributed by atoms with Gasteiger partial charge < -0.3 is 5.32 Å². The van der Waals surface area contributed by atoms with Crippen LogP contribution in [0.5, 0.6) is 0 Å². The van der Waals surface area contributed by atoms with E-state index in [9.17, 15) is 4.79 Å². The number of pyridine rings is 1. The van der Waals surface area contributed by atoms with Gasteiger partial charge in [0.15, 0.2) is 5.15 Å². The molecule has 2 aromatic rings. The SMILES string of the molecule is CCC(C(=O)Nc1c(C)cc(Cl)nc1Cl)c1ccccc1. The zero-order chi connectivity index (χ0) is 15.4. The van der Waals surface area contributed by atoms with E-state index >= 15 is 0 Å². The maximum Gasteiger partial charge on any atom is 0.231 e. The van der Waals surface area contributed by atoms with E-state index in [0.29, 0.717) is 17.3 Å². The lowest BCUT2D eigenvalue weighted by atomic mass is 9.95. The number of anilines is 1. The van der Waals surface area contributed by atoms with Crippen molar-refractivity contribution >= 4 is 34.8 Å². The third-order valence-corrected chi connectivity index (χ3v) is 3.78. The van der Waals surface area contributed by atoms with Gasteiger partial charge in [-0.2, -0.15) is 0 Å². The van der Waals surface area contributed by atoms with Crippen molar-refractivity contribution in [2.45, 2.75) is 26.2 Å². The lowest BCUT2D eigenvalue weighted by Crippen LogP contribution is -2.21. The van der Waals surface area contributed by atoms with Crippen molar-refractivity contribution in [1.29, 1.82) is 0 Å². The Balaban J connectivity index is 2.25. The molecule has 0 aliphatic rings. The van der Waals surface area contributed by atoms with Gasteiger partial charge in [0, 0.05) is 0 Å². The Bertz CT molecular complexity index is 621. The Morgan fingerprint density at radius 1 is 1.29 bits per heavy atom. The van der Waals surface area contributed by atoms with Crippen LogP contribution in [-0.2, 0) is 4.79 Å². The van der Waals surface area contributed by atoms with E-state index in [0.717, 1.165) is 11.1 Å². The molecule has 0 spiro atoms. The number of halogens is 2. The third-order valence-electron chi connectivity index (χ3n) is 3.32. The van der Waals surface area contributed by atoms with Crippen LogP contribution in [0.1, 0.15) is 30.4 Å². The van der Waals surface area contributed by atoms with Crippen molar-refractivity contribution in [3.8, 4) is 0 Å². The quantitative estimate of drug-likeness (QED) is 0.819. The number of hydrogen-bond donors (Lipinski definition) is 1. The molecule has 1 heterocycles. The van der Waals surface area contributed by atoms with Crippen LogP contribution in [-0.4, -0.2) is 10.9 Å². The van der Waals surface area contributed by atoms with Crippen LogP contribution < -0.4 is 5.32 Å². The summed E-state index contributed by atoms with van der Waals surface area (Å²) in [6.45, 7) is 3.81. The van der Waals surface area contributed by atoms with Crippen molar-refractivity contribution in [3.63, 3.8) is 0 Å². The highest BCUT2D eigenvalue weighted by Gasteiger charge is 2.20. The number of carbonyl (C=O) groups excluding carboxylic acids is 1. The number of benzene rings is 1. The van der Waals surface area contributed by atoms with Gasteiger partial charge in [-0.05, 0) is 30.5 Å². The molecule has 1 unspecified atom stereocenters. The van der Waals surface area contributed by atoms with Crippen LogP contribution in [0, 0.1) is 6.92 Å². The fourth-order valence-corrected chi connectivity index (χ4v) is 2.79. The minimum absolute atomic E-state index is 0.0992. The predicted octanol–water partition coefficient (Wildman–Crippen LogP) is 4.83. The first-order valence-electron chi connectivity index (χ1n) is 6.71. The number of aromatic nitrogens is 1. The lowest BCUT2D eigenvalue weighted by molar-refractivity contribution is -0.117. The molecule has 1 N–H and O–H groups in total. The first-order chi connectivity index (χ1) is 10.0. The van der Waals surface area contributed by atoms with Crippen LogP contribution in [0.3, 0.4) is 0 Å². The van der Waals surface area contributed by atoms with Gasteiger partial charge in [-0.25, -0.2) is 4.98 Å². The summed E-state index contributed by atoms with van der Waals surface area (Å²) in [6, 6.07) is 11.3. The molecule has 1 amide bonds. The molecule has 0 fully saturated rings. The molecule has 0 saturated carbocycles. The van der Waals surface area contributed by atoms with Crippen molar-refractivity contribution in [2.24, 2.45) is 0 Å². The fourth-order valence-electron chi connectivity index (χ4n) is 2.21. The summed E-state index contributed by atoms with van der Waals surface area (Å²) in [6.07, 6.45) is 0.702. The van der Waals surface area contributed by atoms with Crippen molar-refractivity contribution < 1.29 is 4.79 Å². The number of nitrogens with zero attached hydrogens (tertiary/aromatic N) is 1. The molecule has 21 heavy (non-hydrogen) atoms. The van der Waals surface area contributed by atoms with Gasteiger partial charge in [0.05, 0.1) is 11.6 Å². The Morgan fingerprint density at radius 3 is 2.52 bits per heavy atom. The van der Waals surface area contributed by atoms with Crippen LogP contribution in [0.15, 0.2) is 36.4 Å². The van der Waals surface area contributed by atoms with E-state index < -0.39 is 0 Å². The summed E-state index contributed by atoms with van der Waals surface area (Å²) in [7, 11) is 0. The van der Waals surface area contributed by atoms with Crippen LogP contribution in [0.25, 0.3) is 0 Å². The molecule has 1 atom stereocenters. The molecular formula is C16H16Cl2N2O. The highest BCUT2D eigenvalue weighted by atomic mass is 35.5. The highest BCUT2D eigenvalue weighted by Crippen LogP contribution is 2.28. The van der Waals surface area contributed by atoms with Crippen molar-refractivity contribution in [3.05, 3.63) is 57.8 Å². The number of nitrogens with one attached hydrogen (secondary N) is 1. The number of hydrogen-bond acceptors (Lipinski definition) is 2. The van der Waals surface area contributed by atoms with Crippen molar-refractivity contribution in [1.82, 2.24) is 4.98 Å². The summed E-state index contributed by atoms with van der Waals surface area (Å²) < 4.78 is 0. The van der Waals surface area contributed by atoms with Crippen LogP contribution >= 0.6 is 23.2 Å². The molecule has 0 aliphatic carbocycles. The maximum absolute atomic E-state index is 12.5. The normalized spacial score (nSPS) is 12.0. The first-order valence-corrected chi connectivity index (χ1v) is 7.47. The van der Waals surface area contributed by atoms with Gasteiger partial charge in [0.25, 0.3) is 0 Å². The van der Waals surface area contributed by atoms with Gasteiger partial charge in [0.1, 0.15) is 5.15 Å². The Hall–Kier alpha value is -1.58.